The lowest BCUT2D eigenvalue weighted by molar-refractivity contribution is -0.116. The molecule has 0 spiro atoms. The molecule has 0 atom stereocenters. The first-order valence-corrected chi connectivity index (χ1v) is 12.3. The van der Waals surface area contributed by atoms with E-state index in [-0.39, 0.29) is 10.8 Å². The number of benzene rings is 1. The van der Waals surface area contributed by atoms with Gasteiger partial charge in [0, 0.05) is 38.3 Å². The minimum absolute atomic E-state index is 0.000811. The number of carbonyl (C=O) groups is 1. The molecule has 1 saturated carbocycles. The van der Waals surface area contributed by atoms with E-state index in [2.05, 4.69) is 15.1 Å². The topological polar surface area (TPSA) is 95.7 Å². The van der Waals surface area contributed by atoms with E-state index in [1.54, 1.807) is 12.1 Å². The zero-order valence-corrected chi connectivity index (χ0v) is 18.0. The number of nitrogens with zero attached hydrogens (tertiary/aromatic N) is 2. The maximum absolute atomic E-state index is 12.3. The SMILES string of the molecule is NS(=O)(=O)c1cccc(NC(=O)CCN2CCCN(CC3CCCCC3)CC2)c1. The van der Waals surface area contributed by atoms with Crippen LogP contribution in [-0.4, -0.2) is 63.4 Å². The quantitative estimate of drug-likeness (QED) is 0.703. The van der Waals surface area contributed by atoms with E-state index in [1.807, 2.05) is 0 Å². The van der Waals surface area contributed by atoms with Crippen molar-refractivity contribution in [1.82, 2.24) is 9.80 Å². The van der Waals surface area contributed by atoms with Crippen molar-refractivity contribution in [2.75, 3.05) is 44.6 Å². The number of nitrogens with one attached hydrogen (secondary N) is 1. The third kappa shape index (κ3) is 7.37. The summed E-state index contributed by atoms with van der Waals surface area (Å²) in [6.45, 7) is 6.21. The molecule has 1 aliphatic carbocycles. The molecule has 0 unspecified atom stereocenters. The first kappa shape index (κ1) is 22.2. The Bertz CT molecular complexity index is 778. The lowest BCUT2D eigenvalue weighted by atomic mass is 9.89. The van der Waals surface area contributed by atoms with Crippen LogP contribution in [0.25, 0.3) is 0 Å². The van der Waals surface area contributed by atoms with Crippen LogP contribution in [0.15, 0.2) is 29.2 Å². The van der Waals surface area contributed by atoms with Gasteiger partial charge < -0.3 is 15.1 Å². The molecule has 3 N–H and O–H groups in total. The van der Waals surface area contributed by atoms with Crippen LogP contribution in [0.3, 0.4) is 0 Å². The van der Waals surface area contributed by atoms with Gasteiger partial charge in [0.1, 0.15) is 0 Å². The number of amides is 1. The summed E-state index contributed by atoms with van der Waals surface area (Å²) < 4.78 is 22.9. The summed E-state index contributed by atoms with van der Waals surface area (Å²) in [5.74, 6) is 0.758. The average molecular weight is 423 g/mol. The first-order valence-electron chi connectivity index (χ1n) is 10.8. The van der Waals surface area contributed by atoms with Gasteiger partial charge in [0.2, 0.25) is 15.9 Å². The van der Waals surface area contributed by atoms with Crippen LogP contribution in [0, 0.1) is 5.92 Å². The lowest BCUT2D eigenvalue weighted by Gasteiger charge is -2.28. The zero-order chi connectivity index (χ0) is 20.7. The minimum atomic E-state index is -3.77. The van der Waals surface area contributed by atoms with Gasteiger partial charge in [-0.25, -0.2) is 13.6 Å². The second kappa shape index (κ2) is 10.5. The Balaban J connectivity index is 1.41. The Labute approximate surface area is 174 Å². The second-order valence-electron chi connectivity index (χ2n) is 8.37. The van der Waals surface area contributed by atoms with Gasteiger partial charge in [0.15, 0.2) is 0 Å². The molecule has 1 aromatic rings. The molecule has 0 radical (unpaired) electrons. The highest BCUT2D eigenvalue weighted by molar-refractivity contribution is 7.89. The van der Waals surface area contributed by atoms with Crippen molar-refractivity contribution in [3.8, 4) is 0 Å². The molecule has 1 heterocycles. The van der Waals surface area contributed by atoms with Crippen LogP contribution in [-0.2, 0) is 14.8 Å². The van der Waals surface area contributed by atoms with Gasteiger partial charge in [-0.05, 0) is 56.5 Å². The Morgan fingerprint density at radius 2 is 1.76 bits per heavy atom. The average Bonchev–Trinajstić information content (AvgIpc) is 2.92. The Kier molecular flexibility index (Phi) is 8.06. The third-order valence-corrected chi connectivity index (χ3v) is 6.93. The van der Waals surface area contributed by atoms with Crippen LogP contribution >= 0.6 is 0 Å². The molecule has 2 aliphatic rings. The van der Waals surface area contributed by atoms with Gasteiger partial charge in [-0.15, -0.1) is 0 Å². The predicted octanol–water partition coefficient (Wildman–Crippen LogP) is 2.25. The highest BCUT2D eigenvalue weighted by Crippen LogP contribution is 2.24. The van der Waals surface area contributed by atoms with Gasteiger partial charge in [0.05, 0.1) is 4.90 Å². The van der Waals surface area contributed by atoms with Gasteiger partial charge in [-0.3, -0.25) is 4.79 Å². The standard InChI is InChI=1S/C21H34N4O3S/c22-29(27,28)20-9-4-8-19(16-20)23-21(26)10-13-24-11-5-12-25(15-14-24)17-18-6-2-1-3-7-18/h4,8-9,16,18H,1-3,5-7,10-15,17H2,(H,23,26)(H2,22,27,28). The van der Waals surface area contributed by atoms with Crippen molar-refractivity contribution in [1.29, 1.82) is 0 Å². The van der Waals surface area contributed by atoms with Crippen LogP contribution in [0.2, 0.25) is 0 Å². The van der Waals surface area contributed by atoms with Crippen molar-refractivity contribution in [3.05, 3.63) is 24.3 Å². The fourth-order valence-electron chi connectivity index (χ4n) is 4.40. The highest BCUT2D eigenvalue weighted by atomic mass is 32.2. The smallest absolute Gasteiger partial charge is 0.238 e. The fraction of sp³-hybridized carbons (Fsp3) is 0.667. The van der Waals surface area contributed by atoms with Crippen molar-refractivity contribution >= 4 is 21.6 Å². The summed E-state index contributed by atoms with van der Waals surface area (Å²) in [6, 6.07) is 6.05. The highest BCUT2D eigenvalue weighted by Gasteiger charge is 2.20. The van der Waals surface area contributed by atoms with Crippen LogP contribution in [0.1, 0.15) is 44.9 Å². The van der Waals surface area contributed by atoms with E-state index in [1.165, 1.54) is 50.8 Å². The van der Waals surface area contributed by atoms with Gasteiger partial charge >= 0.3 is 0 Å². The number of hydrogen-bond acceptors (Lipinski definition) is 5. The fourth-order valence-corrected chi connectivity index (χ4v) is 4.96. The lowest BCUT2D eigenvalue weighted by Crippen LogP contribution is -2.35. The molecule has 29 heavy (non-hydrogen) atoms. The molecule has 3 rings (SSSR count). The molecule has 1 aromatic carbocycles. The van der Waals surface area contributed by atoms with Crippen LogP contribution in [0.5, 0.6) is 0 Å². The summed E-state index contributed by atoms with van der Waals surface area (Å²) in [5, 5.41) is 7.92. The number of primary sulfonamides is 1. The summed E-state index contributed by atoms with van der Waals surface area (Å²) >= 11 is 0. The number of nitrogens with two attached hydrogens (primary N) is 1. The molecule has 0 aromatic heterocycles. The van der Waals surface area contributed by atoms with Gasteiger partial charge in [-0.2, -0.15) is 0 Å². The Morgan fingerprint density at radius 1 is 1.03 bits per heavy atom. The number of anilines is 1. The van der Waals surface area contributed by atoms with Crippen molar-refractivity contribution in [3.63, 3.8) is 0 Å². The molecule has 1 aliphatic heterocycles. The molecule has 0 bridgehead atoms. The number of sulfonamides is 1. The molecule has 162 valence electrons. The summed E-state index contributed by atoms with van der Waals surface area (Å²) in [6.07, 6.45) is 8.48. The normalized spacial score (nSPS) is 20.3. The maximum atomic E-state index is 12.3. The zero-order valence-electron chi connectivity index (χ0n) is 17.2. The molecular formula is C21H34N4O3S. The Hall–Kier alpha value is -1.48. The summed E-state index contributed by atoms with van der Waals surface area (Å²) in [4.78, 5) is 17.3. The van der Waals surface area contributed by atoms with E-state index in [0.29, 0.717) is 12.1 Å². The van der Waals surface area contributed by atoms with Gasteiger partial charge in [-0.1, -0.05) is 25.3 Å². The van der Waals surface area contributed by atoms with E-state index in [0.717, 1.165) is 45.1 Å². The number of carbonyl (C=O) groups excluding carboxylic acids is 1. The van der Waals surface area contributed by atoms with E-state index in [9.17, 15) is 13.2 Å². The second-order valence-corrected chi connectivity index (χ2v) is 9.93. The summed E-state index contributed by atoms with van der Waals surface area (Å²) in [7, 11) is -3.77. The van der Waals surface area contributed by atoms with Crippen molar-refractivity contribution < 1.29 is 13.2 Å². The van der Waals surface area contributed by atoms with Crippen LogP contribution < -0.4 is 10.5 Å². The Morgan fingerprint density at radius 3 is 2.52 bits per heavy atom. The molecular weight excluding hydrogens is 388 g/mol. The number of hydrogen-bond donors (Lipinski definition) is 2. The van der Waals surface area contributed by atoms with E-state index in [4.69, 9.17) is 5.14 Å². The minimum Gasteiger partial charge on any atom is -0.326 e. The van der Waals surface area contributed by atoms with Crippen LogP contribution in [0.4, 0.5) is 5.69 Å². The van der Waals surface area contributed by atoms with Crippen molar-refractivity contribution in [2.45, 2.75) is 49.8 Å². The largest absolute Gasteiger partial charge is 0.326 e. The molecule has 2 fully saturated rings. The molecule has 7 nitrogen and oxygen atoms in total. The molecule has 1 saturated heterocycles. The molecule has 8 heteroatoms. The van der Waals surface area contributed by atoms with E-state index < -0.39 is 10.0 Å². The third-order valence-electron chi connectivity index (χ3n) is 6.02. The van der Waals surface area contributed by atoms with Gasteiger partial charge in [0.25, 0.3) is 0 Å². The predicted molar refractivity (Wildman–Crippen MR) is 115 cm³/mol. The number of rotatable bonds is 7. The van der Waals surface area contributed by atoms with Crippen molar-refractivity contribution in [2.24, 2.45) is 11.1 Å². The van der Waals surface area contributed by atoms with E-state index >= 15 is 0 Å². The first-order chi connectivity index (χ1) is 13.9. The monoisotopic (exact) mass is 422 g/mol. The maximum Gasteiger partial charge on any atom is 0.238 e. The molecule has 1 amide bonds. The summed E-state index contributed by atoms with van der Waals surface area (Å²) in [5.41, 5.74) is 0.455.